The Balaban J connectivity index is 1.39. The topological polar surface area (TPSA) is 112 Å². The number of rotatable bonds is 7. The van der Waals surface area contributed by atoms with Gasteiger partial charge in [-0.15, -0.1) is 10.2 Å². The van der Waals surface area contributed by atoms with Gasteiger partial charge in [0.1, 0.15) is 17.9 Å². The molecule has 4 heterocycles. The first-order valence-electron chi connectivity index (χ1n) is 11.6. The maximum absolute atomic E-state index is 13.5. The van der Waals surface area contributed by atoms with Gasteiger partial charge in [-0.05, 0) is 47.9 Å². The lowest BCUT2D eigenvalue weighted by atomic mass is 10.1. The molecule has 0 amide bonds. The minimum Gasteiger partial charge on any atom is -0.497 e. The predicted molar refractivity (Wildman–Crippen MR) is 135 cm³/mol. The van der Waals surface area contributed by atoms with Crippen LogP contribution in [0.3, 0.4) is 0 Å². The van der Waals surface area contributed by atoms with E-state index in [0.29, 0.717) is 35.4 Å². The number of aromatic amines is 1. The third-order valence-electron chi connectivity index (χ3n) is 6.38. The van der Waals surface area contributed by atoms with Crippen molar-refractivity contribution in [3.63, 3.8) is 0 Å². The number of nitrogens with zero attached hydrogens (tertiary/aromatic N) is 6. The zero-order valence-electron chi connectivity index (χ0n) is 20.1. The molecule has 0 radical (unpaired) electrons. The van der Waals surface area contributed by atoms with Crippen LogP contribution in [0.5, 0.6) is 5.75 Å². The Bertz CT molecular complexity index is 1820. The molecule has 2 aromatic carbocycles. The molecular weight excluding hydrogens is 477 g/mol. The molecule has 0 aliphatic heterocycles. The summed E-state index contributed by atoms with van der Waals surface area (Å²) in [6, 6.07) is 11.8. The summed E-state index contributed by atoms with van der Waals surface area (Å²) in [5.41, 5.74) is 4.47. The number of benzene rings is 2. The number of aryl methyl sites for hydroxylation is 2. The number of halogens is 1. The number of methoxy groups -OCH3 is 2. The molecule has 11 heteroatoms. The fourth-order valence-corrected chi connectivity index (χ4v) is 4.54. The third kappa shape index (κ3) is 3.89. The minimum atomic E-state index is -0.348. The summed E-state index contributed by atoms with van der Waals surface area (Å²) >= 11 is 0. The van der Waals surface area contributed by atoms with Crippen molar-refractivity contribution < 1.29 is 13.9 Å². The van der Waals surface area contributed by atoms with Crippen LogP contribution in [-0.2, 0) is 24.3 Å². The number of fused-ring (bicyclic) bond motifs is 4. The van der Waals surface area contributed by atoms with Gasteiger partial charge in [-0.25, -0.2) is 9.37 Å². The highest BCUT2D eigenvalue weighted by atomic mass is 19.1. The Labute approximate surface area is 209 Å². The van der Waals surface area contributed by atoms with Crippen molar-refractivity contribution in [1.82, 2.24) is 34.3 Å². The molecule has 37 heavy (non-hydrogen) atoms. The van der Waals surface area contributed by atoms with Crippen molar-refractivity contribution in [3.8, 4) is 16.9 Å². The quantitative estimate of drug-likeness (QED) is 0.358. The largest absolute Gasteiger partial charge is 0.497 e. The molecule has 0 spiro atoms. The monoisotopic (exact) mass is 499 g/mol. The predicted octanol–water partition coefficient (Wildman–Crippen LogP) is 3.52. The molecule has 4 aromatic heterocycles. The molecule has 0 fully saturated rings. The lowest BCUT2D eigenvalue weighted by Crippen LogP contribution is -2.23. The van der Waals surface area contributed by atoms with Gasteiger partial charge in [0, 0.05) is 30.8 Å². The molecule has 0 aliphatic rings. The van der Waals surface area contributed by atoms with Crippen LogP contribution in [0.15, 0.2) is 59.8 Å². The Morgan fingerprint density at radius 2 is 1.89 bits per heavy atom. The summed E-state index contributed by atoms with van der Waals surface area (Å²) in [5, 5.41) is 14.2. The van der Waals surface area contributed by atoms with Crippen molar-refractivity contribution in [3.05, 3.63) is 82.4 Å². The molecule has 186 valence electrons. The molecule has 0 saturated carbocycles. The molecule has 6 rings (SSSR count). The Hall–Kier alpha value is -4.64. The van der Waals surface area contributed by atoms with Gasteiger partial charge in [0.25, 0.3) is 5.56 Å². The maximum atomic E-state index is 13.5. The van der Waals surface area contributed by atoms with Crippen LogP contribution in [0.2, 0.25) is 0 Å². The van der Waals surface area contributed by atoms with Crippen LogP contribution in [-0.4, -0.2) is 48.6 Å². The van der Waals surface area contributed by atoms with Crippen LogP contribution >= 0.6 is 0 Å². The van der Waals surface area contributed by atoms with Gasteiger partial charge in [-0.3, -0.25) is 9.36 Å². The van der Waals surface area contributed by atoms with Gasteiger partial charge in [0.2, 0.25) is 0 Å². The maximum Gasteiger partial charge on any atom is 0.283 e. The number of hydrogen-bond acceptors (Lipinski definition) is 7. The third-order valence-corrected chi connectivity index (χ3v) is 6.38. The van der Waals surface area contributed by atoms with Gasteiger partial charge in [-0.1, -0.05) is 12.1 Å². The van der Waals surface area contributed by atoms with Gasteiger partial charge in [0.05, 0.1) is 25.0 Å². The van der Waals surface area contributed by atoms with Crippen molar-refractivity contribution in [2.75, 3.05) is 14.2 Å². The van der Waals surface area contributed by atoms with E-state index in [0.717, 1.165) is 22.2 Å². The van der Waals surface area contributed by atoms with Crippen LogP contribution in [0.1, 0.15) is 11.3 Å². The first-order valence-corrected chi connectivity index (χ1v) is 11.6. The first-order chi connectivity index (χ1) is 18.1. The van der Waals surface area contributed by atoms with Crippen LogP contribution < -0.4 is 10.3 Å². The van der Waals surface area contributed by atoms with E-state index >= 15 is 0 Å². The van der Waals surface area contributed by atoms with E-state index in [9.17, 15) is 9.18 Å². The summed E-state index contributed by atoms with van der Waals surface area (Å²) in [6.45, 7) is 0.602. The molecular formula is C26H22FN7O3. The second-order valence-corrected chi connectivity index (χ2v) is 8.59. The van der Waals surface area contributed by atoms with Gasteiger partial charge in [-0.2, -0.15) is 9.61 Å². The standard InChI is InChI=1S/C26H22FN7O3/c1-36-13-21-22(15-3-5-17(27)6-4-15)24-31-30-23-25(34(24)32-21)29-14-33(26(23)35)10-9-16-12-28-20-8-7-18(37-2)11-19(16)20/h3-8,11-12,14,28H,9-10,13H2,1-2H3. The van der Waals surface area contributed by atoms with Gasteiger partial charge >= 0.3 is 0 Å². The molecule has 0 saturated heterocycles. The Kier molecular flexibility index (Phi) is 5.61. The average Bonchev–Trinajstić information content (AvgIpc) is 3.49. The number of hydrogen-bond donors (Lipinski definition) is 1. The van der Waals surface area contributed by atoms with Gasteiger partial charge in [0.15, 0.2) is 16.8 Å². The lowest BCUT2D eigenvalue weighted by molar-refractivity contribution is 0.181. The van der Waals surface area contributed by atoms with Crippen molar-refractivity contribution in [2.24, 2.45) is 0 Å². The average molecular weight is 500 g/mol. The van der Waals surface area contributed by atoms with Crippen LogP contribution in [0.25, 0.3) is 38.8 Å². The van der Waals surface area contributed by atoms with Crippen molar-refractivity contribution >= 4 is 27.7 Å². The highest BCUT2D eigenvalue weighted by molar-refractivity contribution is 5.85. The van der Waals surface area contributed by atoms with E-state index in [4.69, 9.17) is 9.47 Å². The molecule has 1 N–H and O–H groups in total. The summed E-state index contributed by atoms with van der Waals surface area (Å²) in [4.78, 5) is 21.1. The molecule has 0 bridgehead atoms. The van der Waals surface area contributed by atoms with E-state index in [1.807, 2.05) is 24.4 Å². The fraction of sp³-hybridized carbons (Fsp3) is 0.192. The van der Waals surface area contributed by atoms with Crippen molar-refractivity contribution in [2.45, 2.75) is 19.6 Å². The highest BCUT2D eigenvalue weighted by Gasteiger charge is 2.20. The van der Waals surface area contributed by atoms with E-state index in [1.165, 1.54) is 27.5 Å². The molecule has 10 nitrogen and oxygen atoms in total. The number of aromatic nitrogens is 7. The lowest BCUT2D eigenvalue weighted by Gasteiger charge is -2.07. The highest BCUT2D eigenvalue weighted by Crippen LogP contribution is 2.29. The Morgan fingerprint density at radius 1 is 1.05 bits per heavy atom. The van der Waals surface area contributed by atoms with E-state index in [1.54, 1.807) is 26.4 Å². The second kappa shape index (κ2) is 9.10. The normalized spacial score (nSPS) is 11.6. The van der Waals surface area contributed by atoms with E-state index in [2.05, 4.69) is 25.3 Å². The minimum absolute atomic E-state index is 0.104. The Morgan fingerprint density at radius 3 is 2.68 bits per heavy atom. The molecule has 0 aliphatic carbocycles. The summed E-state index contributed by atoms with van der Waals surface area (Å²) < 4.78 is 27.2. The second-order valence-electron chi connectivity index (χ2n) is 8.59. The summed E-state index contributed by atoms with van der Waals surface area (Å²) in [7, 11) is 3.19. The van der Waals surface area contributed by atoms with Crippen LogP contribution in [0, 0.1) is 5.82 Å². The van der Waals surface area contributed by atoms with Crippen LogP contribution in [0.4, 0.5) is 4.39 Å². The van der Waals surface area contributed by atoms with E-state index in [-0.39, 0.29) is 29.1 Å². The zero-order chi connectivity index (χ0) is 25.5. The SMILES string of the molecule is COCc1nn2c(nnc3c(=O)n(CCc4c[nH]c5ccc(OC)cc45)cnc32)c1-c1ccc(F)cc1. The van der Waals surface area contributed by atoms with Crippen molar-refractivity contribution in [1.29, 1.82) is 0 Å². The fourth-order valence-electron chi connectivity index (χ4n) is 4.54. The number of H-pyrrole nitrogens is 1. The molecule has 6 aromatic rings. The van der Waals surface area contributed by atoms with E-state index < -0.39 is 0 Å². The number of nitrogens with one attached hydrogen (secondary N) is 1. The summed E-state index contributed by atoms with van der Waals surface area (Å²) in [5.74, 6) is 0.420. The smallest absolute Gasteiger partial charge is 0.283 e. The first kappa shape index (κ1) is 22.8. The van der Waals surface area contributed by atoms with Gasteiger partial charge < -0.3 is 14.5 Å². The summed E-state index contributed by atoms with van der Waals surface area (Å²) in [6.07, 6.45) is 4.03. The molecule has 0 atom stereocenters. The number of ether oxygens (including phenoxy) is 2. The molecule has 0 unspecified atom stereocenters. The zero-order valence-corrected chi connectivity index (χ0v) is 20.1.